The SMILES string of the molecule is CC(O)CC1CCCCN1Cc1cccc2ccccc12. The maximum atomic E-state index is 9.73. The summed E-state index contributed by atoms with van der Waals surface area (Å²) in [5.74, 6) is 0. The number of hydrogen-bond acceptors (Lipinski definition) is 2. The fourth-order valence-corrected chi connectivity index (χ4v) is 3.58. The van der Waals surface area contributed by atoms with Crippen LogP contribution < -0.4 is 0 Å². The van der Waals surface area contributed by atoms with Crippen molar-refractivity contribution in [2.24, 2.45) is 0 Å². The van der Waals surface area contributed by atoms with E-state index in [1.54, 1.807) is 0 Å². The Morgan fingerprint density at radius 2 is 1.95 bits per heavy atom. The smallest absolute Gasteiger partial charge is 0.0527 e. The van der Waals surface area contributed by atoms with Gasteiger partial charge in [0.2, 0.25) is 0 Å². The first-order valence-corrected chi connectivity index (χ1v) is 8.13. The van der Waals surface area contributed by atoms with Crippen LogP contribution in [0.15, 0.2) is 42.5 Å². The average molecular weight is 283 g/mol. The van der Waals surface area contributed by atoms with Crippen molar-refractivity contribution >= 4 is 10.8 Å². The van der Waals surface area contributed by atoms with Crippen LogP contribution in [0.3, 0.4) is 0 Å². The summed E-state index contributed by atoms with van der Waals surface area (Å²) in [6.45, 7) is 4.06. The van der Waals surface area contributed by atoms with Crippen LogP contribution in [0.1, 0.15) is 38.2 Å². The molecule has 1 heterocycles. The molecule has 0 amide bonds. The first-order chi connectivity index (χ1) is 10.2. The summed E-state index contributed by atoms with van der Waals surface area (Å²) in [5, 5.41) is 12.4. The molecule has 0 saturated carbocycles. The van der Waals surface area contributed by atoms with Gasteiger partial charge in [0.25, 0.3) is 0 Å². The van der Waals surface area contributed by atoms with E-state index < -0.39 is 0 Å². The zero-order chi connectivity index (χ0) is 14.7. The Morgan fingerprint density at radius 3 is 2.81 bits per heavy atom. The molecule has 1 fully saturated rings. The summed E-state index contributed by atoms with van der Waals surface area (Å²) in [6, 6.07) is 15.7. The second kappa shape index (κ2) is 6.59. The van der Waals surface area contributed by atoms with Gasteiger partial charge in [-0.05, 0) is 49.1 Å². The van der Waals surface area contributed by atoms with Gasteiger partial charge in [0, 0.05) is 12.6 Å². The first kappa shape index (κ1) is 14.6. The van der Waals surface area contributed by atoms with Crippen LogP contribution in [0.25, 0.3) is 10.8 Å². The number of aliphatic hydroxyl groups excluding tert-OH is 1. The monoisotopic (exact) mass is 283 g/mol. The Hall–Kier alpha value is -1.38. The molecule has 2 aromatic carbocycles. The van der Waals surface area contributed by atoms with Gasteiger partial charge < -0.3 is 5.11 Å². The molecule has 1 aliphatic rings. The van der Waals surface area contributed by atoms with Gasteiger partial charge in [0.15, 0.2) is 0 Å². The molecule has 2 unspecified atom stereocenters. The Bertz CT molecular complexity index is 588. The Morgan fingerprint density at radius 1 is 1.14 bits per heavy atom. The third-order valence-corrected chi connectivity index (χ3v) is 4.62. The zero-order valence-corrected chi connectivity index (χ0v) is 12.8. The zero-order valence-electron chi connectivity index (χ0n) is 12.8. The van der Waals surface area contributed by atoms with Gasteiger partial charge in [-0.3, -0.25) is 4.90 Å². The van der Waals surface area contributed by atoms with E-state index in [0.717, 1.165) is 19.5 Å². The number of benzene rings is 2. The third kappa shape index (κ3) is 3.45. The molecule has 21 heavy (non-hydrogen) atoms. The van der Waals surface area contributed by atoms with Crippen LogP contribution in [0.4, 0.5) is 0 Å². The van der Waals surface area contributed by atoms with Crippen molar-refractivity contribution in [3.05, 3.63) is 48.0 Å². The van der Waals surface area contributed by atoms with Gasteiger partial charge in [-0.15, -0.1) is 0 Å². The van der Waals surface area contributed by atoms with Gasteiger partial charge in [-0.2, -0.15) is 0 Å². The highest BCUT2D eigenvalue weighted by molar-refractivity contribution is 5.85. The van der Waals surface area contributed by atoms with E-state index in [-0.39, 0.29) is 6.10 Å². The Balaban J connectivity index is 1.82. The van der Waals surface area contributed by atoms with Crippen molar-refractivity contribution in [3.63, 3.8) is 0 Å². The highest BCUT2D eigenvalue weighted by atomic mass is 16.3. The normalized spacial score (nSPS) is 21.5. The minimum Gasteiger partial charge on any atom is -0.393 e. The summed E-state index contributed by atoms with van der Waals surface area (Å²) in [6.07, 6.45) is 4.48. The van der Waals surface area contributed by atoms with E-state index in [0.29, 0.717) is 6.04 Å². The van der Waals surface area contributed by atoms with Crippen molar-refractivity contribution < 1.29 is 5.11 Å². The van der Waals surface area contributed by atoms with Crippen molar-refractivity contribution in [2.45, 2.75) is 51.3 Å². The van der Waals surface area contributed by atoms with Gasteiger partial charge in [-0.25, -0.2) is 0 Å². The molecule has 0 spiro atoms. The minimum absolute atomic E-state index is 0.205. The maximum Gasteiger partial charge on any atom is 0.0527 e. The first-order valence-electron chi connectivity index (χ1n) is 8.13. The van der Waals surface area contributed by atoms with Crippen LogP contribution >= 0.6 is 0 Å². The predicted molar refractivity (Wildman–Crippen MR) is 88.3 cm³/mol. The number of nitrogens with zero attached hydrogens (tertiary/aromatic N) is 1. The number of rotatable bonds is 4. The lowest BCUT2D eigenvalue weighted by molar-refractivity contribution is 0.0821. The van der Waals surface area contributed by atoms with Gasteiger partial charge in [0.05, 0.1) is 6.10 Å². The Kier molecular flexibility index (Phi) is 4.57. The van der Waals surface area contributed by atoms with Crippen LogP contribution in [0, 0.1) is 0 Å². The van der Waals surface area contributed by atoms with Crippen molar-refractivity contribution in [2.75, 3.05) is 6.54 Å². The van der Waals surface area contributed by atoms with Crippen LogP contribution in [0.2, 0.25) is 0 Å². The summed E-state index contributed by atoms with van der Waals surface area (Å²) in [4.78, 5) is 2.57. The molecule has 2 atom stereocenters. The summed E-state index contributed by atoms with van der Waals surface area (Å²) in [5.41, 5.74) is 1.41. The lowest BCUT2D eigenvalue weighted by atomic mass is 9.95. The topological polar surface area (TPSA) is 23.5 Å². The molecule has 0 aromatic heterocycles. The summed E-state index contributed by atoms with van der Waals surface area (Å²) in [7, 11) is 0. The Labute approximate surface area is 127 Å². The number of likely N-dealkylation sites (tertiary alicyclic amines) is 1. The number of fused-ring (bicyclic) bond motifs is 1. The molecule has 1 aliphatic heterocycles. The third-order valence-electron chi connectivity index (χ3n) is 4.62. The van der Waals surface area contributed by atoms with E-state index in [9.17, 15) is 5.11 Å². The van der Waals surface area contributed by atoms with E-state index in [4.69, 9.17) is 0 Å². The molecule has 1 saturated heterocycles. The maximum absolute atomic E-state index is 9.73. The molecular formula is C19H25NO. The fraction of sp³-hybridized carbons (Fsp3) is 0.474. The van der Waals surface area contributed by atoms with Crippen LogP contribution in [0.5, 0.6) is 0 Å². The largest absolute Gasteiger partial charge is 0.393 e. The molecule has 0 bridgehead atoms. The fourth-order valence-electron chi connectivity index (χ4n) is 3.58. The van der Waals surface area contributed by atoms with Gasteiger partial charge in [0.1, 0.15) is 0 Å². The van der Waals surface area contributed by atoms with E-state index >= 15 is 0 Å². The minimum atomic E-state index is -0.205. The highest BCUT2D eigenvalue weighted by Gasteiger charge is 2.23. The molecule has 0 radical (unpaired) electrons. The highest BCUT2D eigenvalue weighted by Crippen LogP contribution is 2.26. The quantitative estimate of drug-likeness (QED) is 0.918. The summed E-state index contributed by atoms with van der Waals surface area (Å²) < 4.78 is 0. The molecular weight excluding hydrogens is 258 g/mol. The van der Waals surface area contributed by atoms with Crippen molar-refractivity contribution in [3.8, 4) is 0 Å². The molecule has 112 valence electrons. The van der Waals surface area contributed by atoms with Crippen LogP contribution in [-0.4, -0.2) is 28.7 Å². The standard InChI is InChI=1S/C19H25NO/c1-15(21)13-18-10-4-5-12-20(18)14-17-9-6-8-16-7-2-3-11-19(16)17/h2-3,6-9,11,15,18,21H,4-5,10,12-14H2,1H3. The second-order valence-electron chi connectivity index (χ2n) is 6.34. The lowest BCUT2D eigenvalue weighted by Gasteiger charge is -2.36. The molecule has 3 rings (SSSR count). The van der Waals surface area contributed by atoms with E-state index in [1.165, 1.54) is 35.6 Å². The molecule has 2 nitrogen and oxygen atoms in total. The molecule has 0 aliphatic carbocycles. The van der Waals surface area contributed by atoms with Gasteiger partial charge in [-0.1, -0.05) is 48.9 Å². The molecule has 2 heteroatoms. The number of piperidine rings is 1. The van der Waals surface area contributed by atoms with Gasteiger partial charge >= 0.3 is 0 Å². The van der Waals surface area contributed by atoms with Crippen LogP contribution in [-0.2, 0) is 6.54 Å². The average Bonchev–Trinajstić information content (AvgIpc) is 2.49. The summed E-state index contributed by atoms with van der Waals surface area (Å²) >= 11 is 0. The number of aliphatic hydroxyl groups is 1. The molecule has 2 aromatic rings. The lowest BCUT2D eigenvalue weighted by Crippen LogP contribution is -2.40. The number of hydrogen-bond donors (Lipinski definition) is 1. The second-order valence-corrected chi connectivity index (χ2v) is 6.34. The van der Waals surface area contributed by atoms with Crippen molar-refractivity contribution in [1.29, 1.82) is 0 Å². The predicted octanol–water partition coefficient (Wildman–Crippen LogP) is 3.97. The van der Waals surface area contributed by atoms with E-state index in [2.05, 4.69) is 47.4 Å². The van der Waals surface area contributed by atoms with E-state index in [1.807, 2.05) is 6.92 Å². The molecule has 1 N–H and O–H groups in total. The van der Waals surface area contributed by atoms with Crippen molar-refractivity contribution in [1.82, 2.24) is 4.90 Å².